The van der Waals surface area contributed by atoms with Crippen molar-refractivity contribution in [1.29, 1.82) is 0 Å². The number of hydrogen-bond acceptors (Lipinski definition) is 4. The van der Waals surface area contributed by atoms with Crippen LogP contribution in [0.1, 0.15) is 28.4 Å². The molecule has 0 spiro atoms. The van der Waals surface area contributed by atoms with Crippen molar-refractivity contribution in [2.24, 2.45) is 0 Å². The fourth-order valence-corrected chi connectivity index (χ4v) is 2.29. The predicted octanol–water partition coefficient (Wildman–Crippen LogP) is 2.97. The van der Waals surface area contributed by atoms with E-state index in [4.69, 9.17) is 0 Å². The number of aromatic nitrogens is 4. The van der Waals surface area contributed by atoms with Crippen molar-refractivity contribution in [3.8, 4) is 11.1 Å². The quantitative estimate of drug-likeness (QED) is 0.773. The number of rotatable bonds is 5. The largest absolute Gasteiger partial charge is 0.345 e. The van der Waals surface area contributed by atoms with Gasteiger partial charge in [0.1, 0.15) is 5.69 Å². The Balaban J connectivity index is 1.72. The molecule has 25 heavy (non-hydrogen) atoms. The lowest BCUT2D eigenvalue weighted by Gasteiger charge is -2.06. The Hall–Kier alpha value is -3.16. The summed E-state index contributed by atoms with van der Waals surface area (Å²) in [5.74, 6) is -0.369. The van der Waals surface area contributed by atoms with E-state index in [9.17, 15) is 13.6 Å². The maximum absolute atomic E-state index is 12.6. The highest BCUT2D eigenvalue weighted by Crippen LogP contribution is 2.21. The van der Waals surface area contributed by atoms with Gasteiger partial charge in [0.25, 0.3) is 5.91 Å². The molecule has 1 N–H and O–H groups in total. The summed E-state index contributed by atoms with van der Waals surface area (Å²) in [4.78, 5) is 20.6. The third kappa shape index (κ3) is 4.03. The molecule has 0 aliphatic heterocycles. The summed E-state index contributed by atoms with van der Waals surface area (Å²) < 4.78 is 25.8. The van der Waals surface area contributed by atoms with E-state index in [1.165, 1.54) is 24.7 Å². The first-order chi connectivity index (χ1) is 12.0. The smallest absolute Gasteiger partial charge is 0.333 e. The number of carbonyl (C=O) groups excluding carboxylic acids is 1. The zero-order valence-corrected chi connectivity index (χ0v) is 13.4. The molecule has 128 valence electrons. The van der Waals surface area contributed by atoms with E-state index in [1.807, 2.05) is 25.1 Å². The standard InChI is InChI=1S/C17H15F2N5O/c1-11-3-2-4-14(23-11)9-21-16(25)15-7-12(5-6-20-15)13-8-22-24(10-13)17(18)19/h2-8,10,17H,9H2,1H3,(H,21,25). The van der Waals surface area contributed by atoms with Crippen LogP contribution in [0.15, 0.2) is 48.9 Å². The molecule has 3 heterocycles. The van der Waals surface area contributed by atoms with Gasteiger partial charge in [-0.1, -0.05) is 6.07 Å². The fraction of sp³-hybridized carbons (Fsp3) is 0.176. The molecule has 0 aliphatic carbocycles. The lowest BCUT2D eigenvalue weighted by atomic mass is 10.1. The third-order valence-electron chi connectivity index (χ3n) is 3.50. The molecule has 0 atom stereocenters. The van der Waals surface area contributed by atoms with Crippen molar-refractivity contribution in [3.05, 3.63) is 66.0 Å². The third-order valence-corrected chi connectivity index (χ3v) is 3.50. The monoisotopic (exact) mass is 343 g/mol. The molecular formula is C17H15F2N5O. The molecule has 1 amide bonds. The topological polar surface area (TPSA) is 72.7 Å². The van der Waals surface area contributed by atoms with E-state index in [2.05, 4.69) is 20.4 Å². The molecule has 0 saturated heterocycles. The Bertz CT molecular complexity index is 894. The van der Waals surface area contributed by atoms with Crippen LogP contribution in [-0.4, -0.2) is 25.7 Å². The van der Waals surface area contributed by atoms with Crippen LogP contribution in [0, 0.1) is 6.92 Å². The van der Waals surface area contributed by atoms with Crippen molar-refractivity contribution in [2.45, 2.75) is 20.0 Å². The zero-order valence-electron chi connectivity index (χ0n) is 13.4. The van der Waals surface area contributed by atoms with Crippen LogP contribution in [0.25, 0.3) is 11.1 Å². The molecule has 0 fully saturated rings. The first-order valence-corrected chi connectivity index (χ1v) is 7.52. The number of nitrogens with one attached hydrogen (secondary N) is 1. The molecule has 8 heteroatoms. The number of alkyl halides is 2. The first-order valence-electron chi connectivity index (χ1n) is 7.52. The minimum Gasteiger partial charge on any atom is -0.345 e. The second-order valence-corrected chi connectivity index (χ2v) is 5.37. The molecular weight excluding hydrogens is 328 g/mol. The van der Waals surface area contributed by atoms with Gasteiger partial charge in [-0.05, 0) is 36.8 Å². The summed E-state index contributed by atoms with van der Waals surface area (Å²) in [6.07, 6.45) is 3.99. The van der Waals surface area contributed by atoms with E-state index in [0.717, 1.165) is 11.4 Å². The number of halogens is 2. The normalized spacial score (nSPS) is 10.9. The predicted molar refractivity (Wildman–Crippen MR) is 86.9 cm³/mol. The van der Waals surface area contributed by atoms with Gasteiger partial charge in [0.2, 0.25) is 0 Å². The highest BCUT2D eigenvalue weighted by Gasteiger charge is 2.12. The van der Waals surface area contributed by atoms with Crippen molar-refractivity contribution in [3.63, 3.8) is 0 Å². The average Bonchev–Trinajstić information content (AvgIpc) is 3.10. The van der Waals surface area contributed by atoms with Gasteiger partial charge in [0.05, 0.1) is 18.4 Å². The van der Waals surface area contributed by atoms with Crippen molar-refractivity contribution in [1.82, 2.24) is 25.1 Å². The van der Waals surface area contributed by atoms with Crippen LogP contribution in [-0.2, 0) is 6.54 Å². The van der Waals surface area contributed by atoms with Gasteiger partial charge in [-0.2, -0.15) is 13.9 Å². The van der Waals surface area contributed by atoms with Crippen LogP contribution in [0.2, 0.25) is 0 Å². The number of hydrogen-bond donors (Lipinski definition) is 1. The highest BCUT2D eigenvalue weighted by atomic mass is 19.3. The van der Waals surface area contributed by atoms with Gasteiger partial charge >= 0.3 is 6.55 Å². The summed E-state index contributed by atoms with van der Waals surface area (Å²) >= 11 is 0. The summed E-state index contributed by atoms with van der Waals surface area (Å²) in [7, 11) is 0. The number of pyridine rings is 2. The van der Waals surface area contributed by atoms with E-state index < -0.39 is 6.55 Å². The highest BCUT2D eigenvalue weighted by molar-refractivity contribution is 5.93. The van der Waals surface area contributed by atoms with E-state index >= 15 is 0 Å². The van der Waals surface area contributed by atoms with Crippen molar-refractivity contribution < 1.29 is 13.6 Å². The minimum absolute atomic E-state index is 0.190. The SMILES string of the molecule is Cc1cccc(CNC(=O)c2cc(-c3cnn(C(F)F)c3)ccn2)n1. The van der Waals surface area contributed by atoms with Gasteiger partial charge < -0.3 is 5.32 Å². The van der Waals surface area contributed by atoms with Crippen LogP contribution in [0.5, 0.6) is 0 Å². The fourth-order valence-electron chi connectivity index (χ4n) is 2.29. The summed E-state index contributed by atoms with van der Waals surface area (Å²) in [5.41, 5.74) is 2.86. The Morgan fingerprint density at radius 2 is 2.12 bits per heavy atom. The molecule has 3 aromatic heterocycles. The van der Waals surface area contributed by atoms with Gasteiger partial charge in [0, 0.05) is 23.7 Å². The number of carbonyl (C=O) groups is 1. The van der Waals surface area contributed by atoms with Crippen LogP contribution >= 0.6 is 0 Å². The molecule has 0 radical (unpaired) electrons. The van der Waals surface area contributed by atoms with E-state index in [0.29, 0.717) is 15.8 Å². The zero-order chi connectivity index (χ0) is 17.8. The number of nitrogens with zero attached hydrogens (tertiary/aromatic N) is 4. The van der Waals surface area contributed by atoms with Crippen LogP contribution < -0.4 is 5.32 Å². The second-order valence-electron chi connectivity index (χ2n) is 5.37. The van der Waals surface area contributed by atoms with E-state index in [1.54, 1.807) is 6.07 Å². The molecule has 0 bridgehead atoms. The lowest BCUT2D eigenvalue weighted by Crippen LogP contribution is -2.24. The van der Waals surface area contributed by atoms with Gasteiger partial charge in [-0.25, -0.2) is 4.68 Å². The molecule has 0 unspecified atom stereocenters. The average molecular weight is 343 g/mol. The molecule has 0 aromatic carbocycles. The minimum atomic E-state index is -2.71. The Kier molecular flexibility index (Phi) is 4.78. The Labute approximate surface area is 142 Å². The summed E-state index contributed by atoms with van der Waals surface area (Å²) in [6, 6.07) is 8.71. The maximum atomic E-state index is 12.6. The van der Waals surface area contributed by atoms with Gasteiger partial charge in [-0.15, -0.1) is 0 Å². The summed E-state index contributed by atoms with van der Waals surface area (Å²) in [6.45, 7) is -0.564. The van der Waals surface area contributed by atoms with Crippen molar-refractivity contribution >= 4 is 5.91 Å². The maximum Gasteiger partial charge on any atom is 0.333 e. The number of amides is 1. The van der Waals surface area contributed by atoms with Crippen LogP contribution in [0.3, 0.4) is 0 Å². The lowest BCUT2D eigenvalue weighted by molar-refractivity contribution is 0.0566. The van der Waals surface area contributed by atoms with Gasteiger partial charge in [0.15, 0.2) is 0 Å². The molecule has 0 saturated carbocycles. The summed E-state index contributed by atoms with van der Waals surface area (Å²) in [5, 5.41) is 6.33. The number of aryl methyl sites for hydroxylation is 1. The van der Waals surface area contributed by atoms with Crippen molar-refractivity contribution in [2.75, 3.05) is 0 Å². The van der Waals surface area contributed by atoms with Gasteiger partial charge in [-0.3, -0.25) is 14.8 Å². The molecule has 6 nitrogen and oxygen atoms in total. The Morgan fingerprint density at radius 3 is 2.84 bits per heavy atom. The second kappa shape index (κ2) is 7.16. The molecule has 3 aromatic rings. The van der Waals surface area contributed by atoms with E-state index in [-0.39, 0.29) is 18.1 Å². The molecule has 0 aliphatic rings. The first kappa shape index (κ1) is 16.7. The Morgan fingerprint density at radius 1 is 1.28 bits per heavy atom. The van der Waals surface area contributed by atoms with Crippen LogP contribution in [0.4, 0.5) is 8.78 Å². The molecule has 3 rings (SSSR count).